The molecule has 108 valence electrons. The van der Waals surface area contributed by atoms with Gasteiger partial charge in [-0.2, -0.15) is 0 Å². The second-order valence-electron chi connectivity index (χ2n) is 6.01. The smallest absolute Gasteiger partial charge is 0.257 e. The highest BCUT2D eigenvalue weighted by atomic mass is 16.2. The summed E-state index contributed by atoms with van der Waals surface area (Å²) in [5.74, 6) is 0.0223. The topological polar surface area (TPSA) is 62.5 Å². The number of carbonyl (C=O) groups is 1. The van der Waals surface area contributed by atoms with Gasteiger partial charge in [0.05, 0.1) is 5.56 Å². The fourth-order valence-electron chi connectivity index (χ4n) is 3.38. The highest BCUT2D eigenvalue weighted by molar-refractivity contribution is 5.99. The summed E-state index contributed by atoms with van der Waals surface area (Å²) in [4.78, 5) is 21.4. The van der Waals surface area contributed by atoms with Crippen LogP contribution in [-0.4, -0.2) is 52.4 Å². The van der Waals surface area contributed by atoms with E-state index in [1.807, 2.05) is 11.8 Å². The number of fused-ring (bicyclic) bond motifs is 1. The molecule has 0 bridgehead atoms. The van der Waals surface area contributed by atoms with E-state index in [-0.39, 0.29) is 11.9 Å². The Bertz CT molecular complexity index is 531. The molecule has 20 heavy (non-hydrogen) atoms. The Morgan fingerprint density at radius 3 is 3.00 bits per heavy atom. The van der Waals surface area contributed by atoms with E-state index in [2.05, 4.69) is 16.8 Å². The number of aryl methyl sites for hydroxylation is 1. The second-order valence-corrected chi connectivity index (χ2v) is 6.01. The monoisotopic (exact) mass is 274 g/mol. The number of carbonyl (C=O) groups excluding carboxylic acids is 1. The second kappa shape index (κ2) is 5.05. The van der Waals surface area contributed by atoms with Gasteiger partial charge in [0, 0.05) is 42.8 Å². The molecule has 0 radical (unpaired) electrons. The van der Waals surface area contributed by atoms with Gasteiger partial charge >= 0.3 is 0 Å². The highest BCUT2D eigenvalue weighted by Crippen LogP contribution is 2.26. The first-order valence-corrected chi connectivity index (χ1v) is 7.33. The maximum absolute atomic E-state index is 12.7. The van der Waals surface area contributed by atoms with Gasteiger partial charge in [0.15, 0.2) is 0 Å². The number of amides is 1. The zero-order chi connectivity index (χ0) is 14.3. The van der Waals surface area contributed by atoms with Gasteiger partial charge in [-0.05, 0) is 39.3 Å². The third-order valence-electron chi connectivity index (χ3n) is 4.50. The Morgan fingerprint density at radius 1 is 1.45 bits per heavy atom. The van der Waals surface area contributed by atoms with Crippen molar-refractivity contribution in [2.75, 3.05) is 25.4 Å². The molecule has 0 spiro atoms. The number of anilines is 1. The normalized spacial score (nSPS) is 26.6. The first kappa shape index (κ1) is 13.4. The first-order valence-electron chi connectivity index (χ1n) is 7.33. The van der Waals surface area contributed by atoms with E-state index in [1.165, 1.54) is 19.4 Å². The van der Waals surface area contributed by atoms with Gasteiger partial charge < -0.3 is 10.6 Å². The Labute approximate surface area is 119 Å². The number of nitrogens with zero attached hydrogens (tertiary/aromatic N) is 3. The maximum Gasteiger partial charge on any atom is 0.257 e. The molecule has 3 heterocycles. The van der Waals surface area contributed by atoms with E-state index < -0.39 is 0 Å². The van der Waals surface area contributed by atoms with Crippen molar-refractivity contribution < 1.29 is 4.79 Å². The van der Waals surface area contributed by atoms with Crippen molar-refractivity contribution in [3.05, 3.63) is 23.5 Å². The molecule has 5 nitrogen and oxygen atoms in total. The SMILES string of the molecule is Cc1cc(N)c(C(=O)N2CC3CCCN3CC2C)cn1. The van der Waals surface area contributed by atoms with E-state index >= 15 is 0 Å². The van der Waals surface area contributed by atoms with E-state index in [0.29, 0.717) is 17.3 Å². The lowest BCUT2D eigenvalue weighted by Crippen LogP contribution is -2.56. The molecular weight excluding hydrogens is 252 g/mol. The number of nitrogens with two attached hydrogens (primary N) is 1. The summed E-state index contributed by atoms with van der Waals surface area (Å²) in [7, 11) is 0. The first-order chi connectivity index (χ1) is 9.56. The van der Waals surface area contributed by atoms with Crippen LogP contribution in [0.5, 0.6) is 0 Å². The highest BCUT2D eigenvalue weighted by Gasteiger charge is 2.37. The van der Waals surface area contributed by atoms with Crippen LogP contribution in [0, 0.1) is 6.92 Å². The number of nitrogen functional groups attached to an aromatic ring is 1. The fourth-order valence-corrected chi connectivity index (χ4v) is 3.38. The molecule has 2 N–H and O–H groups in total. The molecule has 2 saturated heterocycles. The van der Waals surface area contributed by atoms with Gasteiger partial charge in [-0.25, -0.2) is 0 Å². The number of aromatic nitrogens is 1. The van der Waals surface area contributed by atoms with Crippen LogP contribution in [0.15, 0.2) is 12.3 Å². The molecule has 2 atom stereocenters. The fraction of sp³-hybridized carbons (Fsp3) is 0.600. The summed E-state index contributed by atoms with van der Waals surface area (Å²) >= 11 is 0. The molecule has 2 aliphatic rings. The third kappa shape index (κ3) is 2.26. The predicted molar refractivity (Wildman–Crippen MR) is 78.5 cm³/mol. The van der Waals surface area contributed by atoms with Crippen LogP contribution in [0.4, 0.5) is 5.69 Å². The predicted octanol–water partition coefficient (Wildman–Crippen LogP) is 1.28. The molecule has 0 saturated carbocycles. The van der Waals surface area contributed by atoms with Crippen LogP contribution in [-0.2, 0) is 0 Å². The summed E-state index contributed by atoms with van der Waals surface area (Å²) in [5, 5.41) is 0. The number of hydrogen-bond acceptors (Lipinski definition) is 4. The number of hydrogen-bond donors (Lipinski definition) is 1. The standard InChI is InChI=1S/C15H22N4O/c1-10-6-14(16)13(7-17-10)15(20)19-9-12-4-3-5-18(12)8-11(19)2/h6-7,11-12H,3-5,8-9H2,1-2H3,(H2,16,17). The zero-order valence-electron chi connectivity index (χ0n) is 12.2. The van der Waals surface area contributed by atoms with Crippen LogP contribution < -0.4 is 5.73 Å². The lowest BCUT2D eigenvalue weighted by atomic mass is 10.1. The molecule has 1 aromatic heterocycles. The molecule has 1 amide bonds. The molecule has 2 fully saturated rings. The molecule has 2 unspecified atom stereocenters. The Hall–Kier alpha value is -1.62. The average Bonchev–Trinajstić information content (AvgIpc) is 2.84. The van der Waals surface area contributed by atoms with Crippen molar-refractivity contribution in [1.82, 2.24) is 14.8 Å². The summed E-state index contributed by atoms with van der Waals surface area (Å²) in [6.45, 7) is 6.95. The Morgan fingerprint density at radius 2 is 2.25 bits per heavy atom. The number of pyridine rings is 1. The van der Waals surface area contributed by atoms with Gasteiger partial charge in [0.1, 0.15) is 0 Å². The summed E-state index contributed by atoms with van der Waals surface area (Å²) in [5.41, 5.74) is 7.89. The van der Waals surface area contributed by atoms with Crippen molar-refractivity contribution in [2.24, 2.45) is 0 Å². The zero-order valence-corrected chi connectivity index (χ0v) is 12.2. The summed E-state index contributed by atoms with van der Waals surface area (Å²) < 4.78 is 0. The van der Waals surface area contributed by atoms with Gasteiger partial charge in [-0.1, -0.05) is 0 Å². The van der Waals surface area contributed by atoms with E-state index in [0.717, 1.165) is 18.8 Å². The summed E-state index contributed by atoms with van der Waals surface area (Å²) in [6, 6.07) is 2.52. The lowest BCUT2D eigenvalue weighted by Gasteiger charge is -2.42. The molecule has 1 aromatic rings. The van der Waals surface area contributed by atoms with Crippen LogP contribution in [0.2, 0.25) is 0 Å². The van der Waals surface area contributed by atoms with Crippen molar-refractivity contribution in [2.45, 2.75) is 38.8 Å². The minimum Gasteiger partial charge on any atom is -0.398 e. The van der Waals surface area contributed by atoms with Crippen LogP contribution in [0.25, 0.3) is 0 Å². The van der Waals surface area contributed by atoms with Crippen molar-refractivity contribution in [1.29, 1.82) is 0 Å². The third-order valence-corrected chi connectivity index (χ3v) is 4.50. The maximum atomic E-state index is 12.7. The minimum absolute atomic E-state index is 0.0223. The van der Waals surface area contributed by atoms with Crippen molar-refractivity contribution in [3.63, 3.8) is 0 Å². The van der Waals surface area contributed by atoms with E-state index in [4.69, 9.17) is 5.73 Å². The largest absolute Gasteiger partial charge is 0.398 e. The Kier molecular flexibility index (Phi) is 3.38. The van der Waals surface area contributed by atoms with E-state index in [1.54, 1.807) is 12.3 Å². The van der Waals surface area contributed by atoms with Gasteiger partial charge in [-0.3, -0.25) is 14.7 Å². The van der Waals surface area contributed by atoms with Gasteiger partial charge in [0.25, 0.3) is 5.91 Å². The number of rotatable bonds is 1. The van der Waals surface area contributed by atoms with Crippen molar-refractivity contribution >= 4 is 11.6 Å². The lowest BCUT2D eigenvalue weighted by molar-refractivity contribution is 0.0396. The molecular formula is C15H22N4O. The molecule has 5 heteroatoms. The molecule has 0 aromatic carbocycles. The molecule has 2 aliphatic heterocycles. The van der Waals surface area contributed by atoms with Crippen LogP contribution in [0.1, 0.15) is 35.8 Å². The van der Waals surface area contributed by atoms with Crippen molar-refractivity contribution in [3.8, 4) is 0 Å². The minimum atomic E-state index is 0.0223. The van der Waals surface area contributed by atoms with Gasteiger partial charge in [0.2, 0.25) is 0 Å². The molecule has 0 aliphatic carbocycles. The van der Waals surface area contributed by atoms with Crippen LogP contribution >= 0.6 is 0 Å². The Balaban J connectivity index is 1.82. The van der Waals surface area contributed by atoms with Crippen LogP contribution in [0.3, 0.4) is 0 Å². The summed E-state index contributed by atoms with van der Waals surface area (Å²) in [6.07, 6.45) is 4.05. The number of piperazine rings is 1. The van der Waals surface area contributed by atoms with Gasteiger partial charge in [-0.15, -0.1) is 0 Å². The van der Waals surface area contributed by atoms with E-state index in [9.17, 15) is 4.79 Å². The quantitative estimate of drug-likeness (QED) is 0.838. The molecule has 3 rings (SSSR count). The average molecular weight is 274 g/mol.